The molecule has 4 nitrogen and oxygen atoms in total. The van der Waals surface area contributed by atoms with E-state index in [-0.39, 0.29) is 5.91 Å². The second-order valence-electron chi connectivity index (χ2n) is 7.54. The Morgan fingerprint density at radius 2 is 1.97 bits per heavy atom. The third-order valence-corrected chi connectivity index (χ3v) is 6.79. The van der Waals surface area contributed by atoms with Gasteiger partial charge in [-0.1, -0.05) is 41.9 Å². The highest BCUT2D eigenvalue weighted by atomic mass is 35.5. The number of pyridine rings is 1. The molecule has 4 aromatic rings. The van der Waals surface area contributed by atoms with Crippen molar-refractivity contribution in [1.82, 2.24) is 14.9 Å². The molecule has 1 saturated heterocycles. The molecule has 1 fully saturated rings. The molecule has 0 spiro atoms. The van der Waals surface area contributed by atoms with Crippen molar-refractivity contribution in [3.05, 3.63) is 81.8 Å². The van der Waals surface area contributed by atoms with Crippen LogP contribution in [0.3, 0.4) is 0 Å². The summed E-state index contributed by atoms with van der Waals surface area (Å²) in [5.74, 6) is 0.372. The van der Waals surface area contributed by atoms with Gasteiger partial charge in [0.05, 0.1) is 21.8 Å². The SMILES string of the molecule is O=C(c1cc(-c2ccc(Cl)cc2)nc2ccccc12)N1CCCC(c2nccs2)C1. The fraction of sp³-hybridized carbons (Fsp3) is 0.208. The summed E-state index contributed by atoms with van der Waals surface area (Å²) < 4.78 is 0. The molecule has 0 aliphatic carbocycles. The number of halogens is 1. The molecule has 2 aromatic carbocycles. The number of rotatable bonds is 3. The first-order valence-corrected chi connectivity index (χ1v) is 11.3. The predicted octanol–water partition coefficient (Wildman–Crippen LogP) is 6.03. The summed E-state index contributed by atoms with van der Waals surface area (Å²) in [7, 11) is 0. The minimum atomic E-state index is 0.0602. The number of piperidine rings is 1. The van der Waals surface area contributed by atoms with Crippen molar-refractivity contribution in [3.8, 4) is 11.3 Å². The number of benzene rings is 2. The lowest BCUT2D eigenvalue weighted by molar-refractivity contribution is 0.0709. The average Bonchev–Trinajstić information content (AvgIpc) is 3.33. The number of hydrogen-bond acceptors (Lipinski definition) is 4. The first-order valence-electron chi connectivity index (χ1n) is 10.0. The lowest BCUT2D eigenvalue weighted by Gasteiger charge is -2.32. The summed E-state index contributed by atoms with van der Waals surface area (Å²) >= 11 is 7.72. The van der Waals surface area contributed by atoms with Crippen LogP contribution in [0.15, 0.2) is 66.2 Å². The number of thiazole rings is 1. The zero-order valence-corrected chi connectivity index (χ0v) is 17.9. The first-order chi connectivity index (χ1) is 14.7. The molecule has 1 aliphatic heterocycles. The normalized spacial score (nSPS) is 16.7. The molecule has 0 N–H and O–H groups in total. The Kier molecular flexibility index (Phi) is 5.23. The van der Waals surface area contributed by atoms with Crippen molar-refractivity contribution < 1.29 is 4.79 Å². The van der Waals surface area contributed by atoms with Gasteiger partial charge in [0.25, 0.3) is 5.91 Å². The molecule has 1 aliphatic rings. The zero-order valence-electron chi connectivity index (χ0n) is 16.3. The van der Waals surface area contributed by atoms with Crippen molar-refractivity contribution in [2.75, 3.05) is 13.1 Å². The zero-order chi connectivity index (χ0) is 20.5. The minimum Gasteiger partial charge on any atom is -0.338 e. The summed E-state index contributed by atoms with van der Waals surface area (Å²) in [6, 6.07) is 17.3. The summed E-state index contributed by atoms with van der Waals surface area (Å²) in [6.07, 6.45) is 3.91. The van der Waals surface area contributed by atoms with E-state index in [2.05, 4.69) is 4.98 Å². The van der Waals surface area contributed by atoms with Gasteiger partial charge in [0.2, 0.25) is 0 Å². The topological polar surface area (TPSA) is 46.1 Å². The molecule has 1 amide bonds. The number of hydrogen-bond donors (Lipinski definition) is 0. The Balaban J connectivity index is 1.54. The van der Waals surface area contributed by atoms with E-state index in [0.717, 1.165) is 46.6 Å². The Hall–Kier alpha value is -2.76. The number of para-hydroxylation sites is 1. The van der Waals surface area contributed by atoms with E-state index >= 15 is 0 Å². The molecule has 1 atom stereocenters. The van der Waals surface area contributed by atoms with E-state index in [9.17, 15) is 4.79 Å². The van der Waals surface area contributed by atoms with E-state index in [1.807, 2.05) is 71.1 Å². The average molecular weight is 434 g/mol. The molecule has 150 valence electrons. The number of fused-ring (bicyclic) bond motifs is 1. The fourth-order valence-corrected chi connectivity index (χ4v) is 4.98. The van der Waals surface area contributed by atoms with Crippen molar-refractivity contribution in [2.45, 2.75) is 18.8 Å². The first kappa shape index (κ1) is 19.2. The van der Waals surface area contributed by atoms with Crippen LogP contribution in [0.25, 0.3) is 22.2 Å². The molecule has 1 unspecified atom stereocenters. The second-order valence-corrected chi connectivity index (χ2v) is 8.90. The van der Waals surface area contributed by atoms with Crippen LogP contribution in [0.2, 0.25) is 5.02 Å². The summed E-state index contributed by atoms with van der Waals surface area (Å²) in [5, 5.41) is 4.69. The Morgan fingerprint density at radius 3 is 2.77 bits per heavy atom. The van der Waals surface area contributed by atoms with Gasteiger partial charge in [0.1, 0.15) is 0 Å². The van der Waals surface area contributed by atoms with Gasteiger partial charge in [0.15, 0.2) is 0 Å². The third kappa shape index (κ3) is 3.71. The second kappa shape index (κ2) is 8.17. The number of likely N-dealkylation sites (tertiary alicyclic amines) is 1. The molecule has 30 heavy (non-hydrogen) atoms. The van der Waals surface area contributed by atoms with Crippen molar-refractivity contribution in [3.63, 3.8) is 0 Å². The van der Waals surface area contributed by atoms with Gasteiger partial charge in [-0.2, -0.15) is 0 Å². The number of nitrogens with zero attached hydrogens (tertiary/aromatic N) is 3. The Bertz CT molecular complexity index is 1190. The molecular formula is C24H20ClN3OS. The van der Waals surface area contributed by atoms with E-state index < -0.39 is 0 Å². The highest BCUT2D eigenvalue weighted by Gasteiger charge is 2.28. The van der Waals surface area contributed by atoms with E-state index in [1.165, 1.54) is 0 Å². The fourth-order valence-electron chi connectivity index (χ4n) is 4.09. The molecule has 2 aromatic heterocycles. The molecule has 3 heterocycles. The largest absolute Gasteiger partial charge is 0.338 e. The number of amides is 1. The van der Waals surface area contributed by atoms with Crippen LogP contribution in [-0.4, -0.2) is 33.9 Å². The van der Waals surface area contributed by atoms with Crippen LogP contribution >= 0.6 is 22.9 Å². The maximum atomic E-state index is 13.6. The lowest BCUT2D eigenvalue weighted by Crippen LogP contribution is -2.39. The minimum absolute atomic E-state index is 0.0602. The monoisotopic (exact) mass is 433 g/mol. The van der Waals surface area contributed by atoms with E-state index in [0.29, 0.717) is 23.0 Å². The highest BCUT2D eigenvalue weighted by Crippen LogP contribution is 2.31. The van der Waals surface area contributed by atoms with E-state index in [1.54, 1.807) is 11.3 Å². The van der Waals surface area contributed by atoms with Crippen molar-refractivity contribution in [1.29, 1.82) is 0 Å². The third-order valence-electron chi connectivity index (χ3n) is 5.60. The van der Waals surface area contributed by atoms with Crippen LogP contribution in [0.5, 0.6) is 0 Å². The number of carbonyl (C=O) groups is 1. The maximum absolute atomic E-state index is 13.6. The van der Waals surface area contributed by atoms with Gasteiger partial charge in [-0.3, -0.25) is 4.79 Å². The number of aromatic nitrogens is 2. The van der Waals surface area contributed by atoms with Gasteiger partial charge in [-0.05, 0) is 37.1 Å². The van der Waals surface area contributed by atoms with Crippen molar-refractivity contribution in [2.24, 2.45) is 0 Å². The molecule has 0 radical (unpaired) electrons. The van der Waals surface area contributed by atoms with Gasteiger partial charge in [-0.15, -0.1) is 11.3 Å². The number of carbonyl (C=O) groups excluding carboxylic acids is 1. The van der Waals surface area contributed by atoms with Crippen LogP contribution in [0, 0.1) is 0 Å². The van der Waals surface area contributed by atoms with Gasteiger partial charge in [0, 0.05) is 46.6 Å². The maximum Gasteiger partial charge on any atom is 0.254 e. The molecular weight excluding hydrogens is 414 g/mol. The molecule has 0 bridgehead atoms. The molecule has 0 saturated carbocycles. The predicted molar refractivity (Wildman–Crippen MR) is 122 cm³/mol. The van der Waals surface area contributed by atoms with E-state index in [4.69, 9.17) is 16.6 Å². The Labute approximate surface area is 184 Å². The van der Waals surface area contributed by atoms with Crippen LogP contribution in [-0.2, 0) is 0 Å². The van der Waals surface area contributed by atoms with Crippen LogP contribution < -0.4 is 0 Å². The van der Waals surface area contributed by atoms with Crippen LogP contribution in [0.4, 0.5) is 0 Å². The summed E-state index contributed by atoms with van der Waals surface area (Å²) in [4.78, 5) is 24.9. The summed E-state index contributed by atoms with van der Waals surface area (Å²) in [5.41, 5.74) is 3.24. The van der Waals surface area contributed by atoms with Gasteiger partial charge in [-0.25, -0.2) is 9.97 Å². The van der Waals surface area contributed by atoms with Crippen molar-refractivity contribution >= 4 is 39.7 Å². The highest BCUT2D eigenvalue weighted by molar-refractivity contribution is 7.09. The quantitative estimate of drug-likeness (QED) is 0.396. The molecule has 5 rings (SSSR count). The molecule has 6 heteroatoms. The van der Waals surface area contributed by atoms with Gasteiger partial charge >= 0.3 is 0 Å². The summed E-state index contributed by atoms with van der Waals surface area (Å²) in [6.45, 7) is 1.48. The lowest BCUT2D eigenvalue weighted by atomic mass is 9.97. The Morgan fingerprint density at radius 1 is 1.13 bits per heavy atom. The standard InChI is InChI=1S/C24H20ClN3OS/c25-18-9-7-16(8-10-18)22-14-20(19-5-1-2-6-21(19)27-22)24(29)28-12-3-4-17(15-28)23-26-11-13-30-23/h1-2,5-11,13-14,17H,3-4,12,15H2. The smallest absolute Gasteiger partial charge is 0.254 e. The van der Waals surface area contributed by atoms with Gasteiger partial charge < -0.3 is 4.90 Å². The van der Waals surface area contributed by atoms with Crippen LogP contribution in [0.1, 0.15) is 34.1 Å².